The molecule has 1 aromatic carbocycles. The topological polar surface area (TPSA) is 50.7 Å². The summed E-state index contributed by atoms with van der Waals surface area (Å²) in [6.45, 7) is 1.88. The molecule has 0 aromatic heterocycles. The van der Waals surface area contributed by atoms with Crippen LogP contribution in [-0.4, -0.2) is 18.2 Å². The van der Waals surface area contributed by atoms with E-state index < -0.39 is 11.6 Å². The van der Waals surface area contributed by atoms with E-state index in [1.807, 2.05) is 0 Å². The number of carbonyl (C=O) groups excluding carboxylic acids is 1. The van der Waals surface area contributed by atoms with Gasteiger partial charge in [0.25, 0.3) is 0 Å². The summed E-state index contributed by atoms with van der Waals surface area (Å²) in [5.41, 5.74) is 2.56. The molecule has 1 aliphatic heterocycles. The molecule has 1 aliphatic rings. The average Bonchev–Trinajstić information content (AvgIpc) is 2.40. The van der Waals surface area contributed by atoms with Crippen LogP contribution in [0.25, 0.3) is 0 Å². The van der Waals surface area contributed by atoms with Crippen LogP contribution in [0.4, 0.5) is 8.78 Å². The molecule has 1 amide bonds. The number of hydrogen-bond donors (Lipinski definition) is 1. The van der Waals surface area contributed by atoms with E-state index in [9.17, 15) is 13.6 Å². The van der Waals surface area contributed by atoms with Crippen molar-refractivity contribution in [3.8, 4) is 5.75 Å². The van der Waals surface area contributed by atoms with E-state index in [0.29, 0.717) is 6.42 Å². The highest BCUT2D eigenvalue weighted by atomic mass is 19.1. The van der Waals surface area contributed by atoms with E-state index in [2.05, 4.69) is 10.5 Å². The summed E-state index contributed by atoms with van der Waals surface area (Å²) in [6.07, 6.45) is 0.586. The van der Waals surface area contributed by atoms with E-state index in [1.165, 1.54) is 0 Å². The minimum absolute atomic E-state index is 0.0161. The smallest absolute Gasteiger partial charge is 0.239 e. The summed E-state index contributed by atoms with van der Waals surface area (Å²) in [5, 5.41) is 3.83. The molecule has 1 N–H and O–H groups in total. The Kier molecular flexibility index (Phi) is 3.55. The fourth-order valence-electron chi connectivity index (χ4n) is 1.64. The third-order valence-corrected chi connectivity index (χ3v) is 2.57. The molecule has 96 valence electrons. The predicted octanol–water partition coefficient (Wildman–Crippen LogP) is 1.98. The van der Waals surface area contributed by atoms with Gasteiger partial charge in [-0.2, -0.15) is 5.10 Å². The first-order valence-electron chi connectivity index (χ1n) is 5.60. The molecule has 0 fully saturated rings. The molecule has 1 heterocycles. The van der Waals surface area contributed by atoms with Gasteiger partial charge in [0.15, 0.2) is 11.6 Å². The first kappa shape index (κ1) is 12.5. The van der Waals surface area contributed by atoms with Gasteiger partial charge in [0, 0.05) is 12.8 Å². The number of amides is 1. The lowest BCUT2D eigenvalue weighted by molar-refractivity contribution is -0.120. The standard InChI is InChI=1S/C12H12F2N2O2/c1-2-10(17)16-15-9-5-6-18-12-8(14)4-3-7(13)11(9)12/h3-4H,2,5-6H2,1H3,(H,16,17). The SMILES string of the molecule is CCC(=O)NN=C1CCOc2c(F)ccc(F)c21. The summed E-state index contributed by atoms with van der Waals surface area (Å²) in [4.78, 5) is 11.1. The van der Waals surface area contributed by atoms with Gasteiger partial charge < -0.3 is 4.74 Å². The van der Waals surface area contributed by atoms with Gasteiger partial charge in [-0.15, -0.1) is 0 Å². The number of ether oxygens (including phenoxy) is 1. The highest BCUT2D eigenvalue weighted by Crippen LogP contribution is 2.30. The van der Waals surface area contributed by atoms with Crippen LogP contribution in [0.15, 0.2) is 17.2 Å². The number of carbonyl (C=O) groups is 1. The minimum atomic E-state index is -0.638. The van der Waals surface area contributed by atoms with Crippen molar-refractivity contribution in [3.05, 3.63) is 29.3 Å². The lowest BCUT2D eigenvalue weighted by Gasteiger charge is -2.19. The monoisotopic (exact) mass is 254 g/mol. The van der Waals surface area contributed by atoms with E-state index in [0.717, 1.165) is 12.1 Å². The fourth-order valence-corrected chi connectivity index (χ4v) is 1.64. The molecule has 0 radical (unpaired) electrons. The zero-order valence-electron chi connectivity index (χ0n) is 9.80. The Labute approximate surface area is 103 Å². The predicted molar refractivity (Wildman–Crippen MR) is 61.4 cm³/mol. The second-order valence-corrected chi connectivity index (χ2v) is 3.78. The third-order valence-electron chi connectivity index (χ3n) is 2.57. The largest absolute Gasteiger partial charge is 0.489 e. The van der Waals surface area contributed by atoms with Crippen molar-refractivity contribution in [2.24, 2.45) is 5.10 Å². The summed E-state index contributed by atoms with van der Waals surface area (Å²) in [6, 6.07) is 2.02. The summed E-state index contributed by atoms with van der Waals surface area (Å²) >= 11 is 0. The van der Waals surface area contributed by atoms with Crippen LogP contribution in [0.3, 0.4) is 0 Å². The van der Waals surface area contributed by atoms with E-state index in [-0.39, 0.29) is 36.0 Å². The number of hydrazone groups is 1. The quantitative estimate of drug-likeness (QED) is 0.820. The number of nitrogens with zero attached hydrogens (tertiary/aromatic N) is 1. The number of halogens is 2. The van der Waals surface area contributed by atoms with Gasteiger partial charge in [0.05, 0.1) is 17.9 Å². The molecule has 0 unspecified atom stereocenters. The summed E-state index contributed by atoms with van der Waals surface area (Å²) in [5.74, 6) is -1.69. The highest BCUT2D eigenvalue weighted by molar-refractivity contribution is 6.04. The average molecular weight is 254 g/mol. The second-order valence-electron chi connectivity index (χ2n) is 3.78. The molecular weight excluding hydrogens is 242 g/mol. The molecular formula is C12H12F2N2O2. The zero-order valence-corrected chi connectivity index (χ0v) is 9.80. The van der Waals surface area contributed by atoms with Crippen LogP contribution < -0.4 is 10.2 Å². The van der Waals surface area contributed by atoms with Crippen molar-refractivity contribution in [2.45, 2.75) is 19.8 Å². The first-order valence-corrected chi connectivity index (χ1v) is 5.60. The van der Waals surface area contributed by atoms with Crippen LogP contribution >= 0.6 is 0 Å². The Morgan fingerprint density at radius 1 is 1.44 bits per heavy atom. The Morgan fingerprint density at radius 2 is 2.17 bits per heavy atom. The van der Waals surface area contributed by atoms with Crippen molar-refractivity contribution >= 4 is 11.6 Å². The molecule has 0 aliphatic carbocycles. The van der Waals surface area contributed by atoms with Gasteiger partial charge in [0.1, 0.15) is 5.82 Å². The van der Waals surface area contributed by atoms with Crippen molar-refractivity contribution in [1.29, 1.82) is 0 Å². The molecule has 4 nitrogen and oxygen atoms in total. The van der Waals surface area contributed by atoms with E-state index in [1.54, 1.807) is 6.92 Å². The Bertz CT molecular complexity index is 515. The molecule has 18 heavy (non-hydrogen) atoms. The van der Waals surface area contributed by atoms with Gasteiger partial charge in [-0.3, -0.25) is 4.79 Å². The lowest BCUT2D eigenvalue weighted by Crippen LogP contribution is -2.24. The molecule has 2 rings (SSSR count). The van der Waals surface area contributed by atoms with Gasteiger partial charge in [-0.1, -0.05) is 6.92 Å². The maximum absolute atomic E-state index is 13.7. The number of hydrogen-bond acceptors (Lipinski definition) is 3. The first-order chi connectivity index (χ1) is 8.63. The van der Waals surface area contributed by atoms with Gasteiger partial charge in [-0.05, 0) is 12.1 Å². The maximum Gasteiger partial charge on any atom is 0.239 e. The fraction of sp³-hybridized carbons (Fsp3) is 0.333. The zero-order chi connectivity index (χ0) is 13.1. The van der Waals surface area contributed by atoms with Crippen molar-refractivity contribution in [2.75, 3.05) is 6.61 Å². The molecule has 0 saturated heterocycles. The van der Waals surface area contributed by atoms with Crippen molar-refractivity contribution < 1.29 is 18.3 Å². The van der Waals surface area contributed by atoms with Crippen LogP contribution in [-0.2, 0) is 4.79 Å². The second kappa shape index (κ2) is 5.12. The van der Waals surface area contributed by atoms with Gasteiger partial charge in [0.2, 0.25) is 5.91 Å². The number of rotatable bonds is 2. The van der Waals surface area contributed by atoms with Crippen LogP contribution in [0.1, 0.15) is 25.3 Å². The Morgan fingerprint density at radius 3 is 2.89 bits per heavy atom. The number of benzene rings is 1. The number of fused-ring (bicyclic) bond motifs is 1. The minimum Gasteiger partial charge on any atom is -0.489 e. The molecule has 6 heteroatoms. The van der Waals surface area contributed by atoms with Crippen LogP contribution in [0.2, 0.25) is 0 Å². The highest BCUT2D eigenvalue weighted by Gasteiger charge is 2.24. The van der Waals surface area contributed by atoms with Gasteiger partial charge in [-0.25, -0.2) is 14.2 Å². The third kappa shape index (κ3) is 2.32. The van der Waals surface area contributed by atoms with Crippen molar-refractivity contribution in [1.82, 2.24) is 5.43 Å². The van der Waals surface area contributed by atoms with E-state index in [4.69, 9.17) is 4.74 Å². The van der Waals surface area contributed by atoms with Crippen LogP contribution in [0, 0.1) is 11.6 Å². The van der Waals surface area contributed by atoms with Gasteiger partial charge >= 0.3 is 0 Å². The normalized spacial score (nSPS) is 16.1. The van der Waals surface area contributed by atoms with Crippen LogP contribution in [0.5, 0.6) is 5.75 Å². The molecule has 0 spiro atoms. The molecule has 0 atom stereocenters. The van der Waals surface area contributed by atoms with Crippen molar-refractivity contribution in [3.63, 3.8) is 0 Å². The molecule has 1 aromatic rings. The molecule has 0 saturated carbocycles. The Hall–Kier alpha value is -1.98. The number of nitrogens with one attached hydrogen (secondary N) is 1. The lowest BCUT2D eigenvalue weighted by atomic mass is 10.0. The summed E-state index contributed by atoms with van der Waals surface area (Å²) in [7, 11) is 0. The molecule has 0 bridgehead atoms. The maximum atomic E-state index is 13.7. The summed E-state index contributed by atoms with van der Waals surface area (Å²) < 4.78 is 32.2. The van der Waals surface area contributed by atoms with E-state index >= 15 is 0 Å². The Balaban J connectivity index is 2.38.